The van der Waals surface area contributed by atoms with Gasteiger partial charge in [0.15, 0.2) is 11.6 Å². The molecule has 2 saturated carbocycles. The molecule has 0 aliphatic heterocycles. The molecule has 0 spiro atoms. The van der Waals surface area contributed by atoms with Crippen molar-refractivity contribution in [2.45, 2.75) is 96.3 Å². The topological polar surface area (TPSA) is 0 Å². The van der Waals surface area contributed by atoms with E-state index in [0.29, 0.717) is 29.7 Å². The van der Waals surface area contributed by atoms with Gasteiger partial charge in [0.1, 0.15) is 0 Å². The van der Waals surface area contributed by atoms with Crippen molar-refractivity contribution in [1.82, 2.24) is 0 Å². The van der Waals surface area contributed by atoms with Crippen LogP contribution in [-0.2, 0) is 6.42 Å². The Hall–Kier alpha value is -1.70. The highest BCUT2D eigenvalue weighted by molar-refractivity contribution is 5.85. The molecule has 2 aliphatic rings. The van der Waals surface area contributed by atoms with Crippen LogP contribution in [0.5, 0.6) is 0 Å². The molecule has 2 fully saturated rings. The molecule has 0 saturated heterocycles. The predicted octanol–water partition coefficient (Wildman–Crippen LogP) is 9.51. The van der Waals surface area contributed by atoms with E-state index < -0.39 is 11.6 Å². The van der Waals surface area contributed by atoms with Crippen LogP contribution >= 0.6 is 0 Å². The second-order valence-corrected chi connectivity index (χ2v) is 10.5. The first-order valence-electron chi connectivity index (χ1n) is 13.1. The van der Waals surface area contributed by atoms with E-state index in [1.54, 1.807) is 6.08 Å². The number of benzene rings is 2. The zero-order chi connectivity index (χ0) is 22.5. The van der Waals surface area contributed by atoms with Crippen LogP contribution in [0, 0.1) is 29.4 Å². The Balaban J connectivity index is 1.41. The fourth-order valence-electron chi connectivity index (χ4n) is 6.50. The van der Waals surface area contributed by atoms with Crippen LogP contribution in [0.15, 0.2) is 36.9 Å². The van der Waals surface area contributed by atoms with Crippen molar-refractivity contribution >= 4 is 10.8 Å². The largest absolute Gasteiger partial charge is 0.203 e. The number of rotatable bonds is 9. The molecule has 0 bridgehead atoms. The SMILES string of the molecule is C=CCCc1cc2ccc([C@@H]3CC[C@@H]4CC(CCCCCC)CCC4C3)cc2c(F)c1F. The van der Waals surface area contributed by atoms with Crippen LogP contribution in [0.2, 0.25) is 0 Å². The smallest absolute Gasteiger partial charge is 0.166 e. The molecule has 0 amide bonds. The summed E-state index contributed by atoms with van der Waals surface area (Å²) in [5, 5.41) is 1.25. The highest BCUT2D eigenvalue weighted by atomic mass is 19.2. The highest BCUT2D eigenvalue weighted by Crippen LogP contribution is 2.48. The number of hydrogen-bond donors (Lipinski definition) is 0. The van der Waals surface area contributed by atoms with E-state index in [9.17, 15) is 8.78 Å². The molecule has 174 valence electrons. The average molecular weight is 439 g/mol. The first-order chi connectivity index (χ1) is 15.6. The fourth-order valence-corrected chi connectivity index (χ4v) is 6.50. The minimum Gasteiger partial charge on any atom is -0.203 e. The second-order valence-electron chi connectivity index (χ2n) is 10.5. The Labute approximate surface area is 193 Å². The number of halogens is 2. The molecule has 2 unspecified atom stereocenters. The van der Waals surface area contributed by atoms with Crippen LogP contribution < -0.4 is 0 Å². The van der Waals surface area contributed by atoms with Gasteiger partial charge in [-0.05, 0) is 97.3 Å². The van der Waals surface area contributed by atoms with Gasteiger partial charge in [0, 0.05) is 5.39 Å². The molecule has 0 N–H and O–H groups in total. The van der Waals surface area contributed by atoms with Crippen LogP contribution in [-0.4, -0.2) is 0 Å². The Bertz CT molecular complexity index is 915. The van der Waals surface area contributed by atoms with Crippen molar-refractivity contribution in [2.75, 3.05) is 0 Å². The summed E-state index contributed by atoms with van der Waals surface area (Å²) in [5.74, 6) is 1.78. The first-order valence-corrected chi connectivity index (χ1v) is 13.1. The van der Waals surface area contributed by atoms with E-state index in [-0.39, 0.29) is 0 Å². The Kier molecular flexibility index (Phi) is 8.02. The summed E-state index contributed by atoms with van der Waals surface area (Å²) >= 11 is 0. The van der Waals surface area contributed by atoms with Crippen LogP contribution in [0.1, 0.15) is 101 Å². The van der Waals surface area contributed by atoms with Crippen LogP contribution in [0.4, 0.5) is 8.78 Å². The lowest BCUT2D eigenvalue weighted by molar-refractivity contribution is 0.113. The molecule has 0 aromatic heterocycles. The third-order valence-electron chi connectivity index (χ3n) is 8.39. The molecule has 0 nitrogen and oxygen atoms in total. The van der Waals surface area contributed by atoms with Crippen LogP contribution in [0.3, 0.4) is 0 Å². The fraction of sp³-hybridized carbons (Fsp3) is 0.600. The summed E-state index contributed by atoms with van der Waals surface area (Å²) in [5.41, 5.74) is 1.66. The van der Waals surface area contributed by atoms with Gasteiger partial charge in [0.25, 0.3) is 0 Å². The molecular formula is C30H40F2. The van der Waals surface area contributed by atoms with Gasteiger partial charge in [0.2, 0.25) is 0 Å². The predicted molar refractivity (Wildman–Crippen MR) is 132 cm³/mol. The molecule has 2 aliphatic carbocycles. The molecule has 2 heteroatoms. The third kappa shape index (κ3) is 5.26. The van der Waals surface area contributed by atoms with Gasteiger partial charge in [-0.3, -0.25) is 0 Å². The number of fused-ring (bicyclic) bond motifs is 2. The number of unbranched alkanes of at least 4 members (excludes halogenated alkanes) is 3. The quantitative estimate of drug-likeness (QED) is 0.270. The Morgan fingerprint density at radius 1 is 0.938 bits per heavy atom. The minimum absolute atomic E-state index is 0.445. The summed E-state index contributed by atoms with van der Waals surface area (Å²) in [6.45, 7) is 5.97. The molecule has 0 heterocycles. The second kappa shape index (κ2) is 10.9. The minimum atomic E-state index is -0.683. The van der Waals surface area contributed by atoms with E-state index in [1.807, 2.05) is 18.2 Å². The first kappa shape index (κ1) is 23.5. The van der Waals surface area contributed by atoms with E-state index in [4.69, 9.17) is 0 Å². The standard InChI is InChI=1S/C30H40F2/c1-3-5-7-8-9-21-11-12-23-18-24(14-13-22(23)17-21)25-15-16-26-19-27(10-6-4-2)29(31)30(32)28(26)20-25/h4,15-16,19-24H,2-3,5-14,17-18H2,1H3/t21?,22-,23?,24-/m1/s1. The maximum Gasteiger partial charge on any atom is 0.166 e. The highest BCUT2D eigenvalue weighted by Gasteiger charge is 2.35. The zero-order valence-electron chi connectivity index (χ0n) is 19.9. The van der Waals surface area contributed by atoms with Gasteiger partial charge in [-0.25, -0.2) is 8.78 Å². The molecular weight excluding hydrogens is 398 g/mol. The Morgan fingerprint density at radius 2 is 1.75 bits per heavy atom. The summed E-state index contributed by atoms with van der Waals surface area (Å²) in [7, 11) is 0. The third-order valence-corrected chi connectivity index (χ3v) is 8.39. The molecule has 2 aromatic carbocycles. The van der Waals surface area contributed by atoms with Gasteiger partial charge in [-0.2, -0.15) is 0 Å². The summed E-state index contributed by atoms with van der Waals surface area (Å²) < 4.78 is 29.5. The van der Waals surface area contributed by atoms with Crippen molar-refractivity contribution < 1.29 is 8.78 Å². The molecule has 4 atom stereocenters. The number of hydrogen-bond acceptors (Lipinski definition) is 0. The van der Waals surface area contributed by atoms with E-state index in [1.165, 1.54) is 76.2 Å². The van der Waals surface area contributed by atoms with Gasteiger partial charge in [-0.15, -0.1) is 6.58 Å². The van der Waals surface area contributed by atoms with E-state index in [2.05, 4.69) is 19.6 Å². The van der Waals surface area contributed by atoms with Gasteiger partial charge < -0.3 is 0 Å². The lowest BCUT2D eigenvalue weighted by atomic mass is 9.63. The van der Waals surface area contributed by atoms with Crippen molar-refractivity contribution in [2.24, 2.45) is 17.8 Å². The normalized spacial score (nSPS) is 25.6. The molecule has 2 aromatic rings. The van der Waals surface area contributed by atoms with Gasteiger partial charge in [0.05, 0.1) is 0 Å². The van der Waals surface area contributed by atoms with Crippen molar-refractivity contribution in [3.63, 3.8) is 0 Å². The van der Waals surface area contributed by atoms with Crippen molar-refractivity contribution in [1.29, 1.82) is 0 Å². The Morgan fingerprint density at radius 3 is 2.56 bits per heavy atom. The number of allylic oxidation sites excluding steroid dienone is 1. The van der Waals surface area contributed by atoms with E-state index >= 15 is 0 Å². The summed E-state index contributed by atoms with van der Waals surface area (Å²) in [4.78, 5) is 0. The maximum absolute atomic E-state index is 14.9. The van der Waals surface area contributed by atoms with Gasteiger partial charge >= 0.3 is 0 Å². The summed E-state index contributed by atoms with van der Waals surface area (Å²) in [6, 6.07) is 7.93. The van der Waals surface area contributed by atoms with Gasteiger partial charge in [-0.1, -0.05) is 63.7 Å². The van der Waals surface area contributed by atoms with Crippen molar-refractivity contribution in [3.05, 3.63) is 59.7 Å². The monoisotopic (exact) mass is 438 g/mol. The lowest BCUT2D eigenvalue weighted by Gasteiger charge is -2.42. The molecule has 32 heavy (non-hydrogen) atoms. The average Bonchev–Trinajstić information content (AvgIpc) is 2.82. The van der Waals surface area contributed by atoms with Crippen molar-refractivity contribution in [3.8, 4) is 0 Å². The maximum atomic E-state index is 14.9. The molecule has 0 radical (unpaired) electrons. The number of aryl methyl sites for hydroxylation is 1. The summed E-state index contributed by atoms with van der Waals surface area (Å²) in [6.07, 6.45) is 17.7. The zero-order valence-corrected chi connectivity index (χ0v) is 19.9. The van der Waals surface area contributed by atoms with Crippen LogP contribution in [0.25, 0.3) is 10.8 Å². The molecule has 4 rings (SSSR count). The lowest BCUT2D eigenvalue weighted by Crippen LogP contribution is -2.30. The van der Waals surface area contributed by atoms with E-state index in [0.717, 1.165) is 23.1 Å².